The van der Waals surface area contributed by atoms with Gasteiger partial charge in [0.2, 0.25) is 5.91 Å². The van der Waals surface area contributed by atoms with Gasteiger partial charge in [0.25, 0.3) is 0 Å². The maximum atomic E-state index is 12.9. The van der Waals surface area contributed by atoms with E-state index in [2.05, 4.69) is 44.1 Å². The predicted octanol–water partition coefficient (Wildman–Crippen LogP) is 3.01. The number of rotatable bonds is 4. The summed E-state index contributed by atoms with van der Waals surface area (Å²) in [6.45, 7) is 12.2. The molecule has 2 aliphatic heterocycles. The zero-order valence-corrected chi connectivity index (χ0v) is 17.9. The predicted molar refractivity (Wildman–Crippen MR) is 110 cm³/mol. The molecule has 1 fully saturated rings. The third-order valence-electron chi connectivity index (χ3n) is 5.47. The van der Waals surface area contributed by atoms with E-state index in [9.17, 15) is 4.79 Å². The van der Waals surface area contributed by atoms with Crippen molar-refractivity contribution in [2.45, 2.75) is 71.3 Å². The highest BCUT2D eigenvalue weighted by atomic mass is 28.3. The number of nitrogen functional groups attached to an aromatic ring is 1. The van der Waals surface area contributed by atoms with Crippen molar-refractivity contribution < 1.29 is 9.22 Å². The molecule has 144 valence electrons. The third kappa shape index (κ3) is 3.97. The van der Waals surface area contributed by atoms with Gasteiger partial charge in [0, 0.05) is 17.4 Å². The van der Waals surface area contributed by atoms with Crippen LogP contribution >= 0.6 is 0 Å². The summed E-state index contributed by atoms with van der Waals surface area (Å²) in [5, 5.41) is 3.07. The van der Waals surface area contributed by atoms with Crippen LogP contribution in [0.4, 0.5) is 11.4 Å². The Bertz CT molecular complexity index is 672. The van der Waals surface area contributed by atoms with Gasteiger partial charge in [-0.15, -0.1) is 0 Å². The lowest BCUT2D eigenvalue weighted by Gasteiger charge is -2.43. The van der Waals surface area contributed by atoms with Crippen LogP contribution in [-0.4, -0.2) is 44.6 Å². The van der Waals surface area contributed by atoms with Crippen LogP contribution in [0.1, 0.15) is 39.2 Å². The molecule has 3 N–H and O–H groups in total. The number of fused-ring (bicyclic) bond motifs is 1. The van der Waals surface area contributed by atoms with Gasteiger partial charge in [-0.25, -0.2) is 0 Å². The van der Waals surface area contributed by atoms with E-state index in [0.29, 0.717) is 11.7 Å². The van der Waals surface area contributed by atoms with E-state index in [0.717, 1.165) is 31.5 Å². The molecular weight excluding hydrogens is 342 g/mol. The fraction of sp³-hybridized carbons (Fsp3) is 0.650. The summed E-state index contributed by atoms with van der Waals surface area (Å²) in [4.78, 5) is 15.3. The summed E-state index contributed by atoms with van der Waals surface area (Å²) in [6, 6.07) is 5.99. The molecule has 2 aliphatic rings. The van der Waals surface area contributed by atoms with Crippen LogP contribution in [0.2, 0.25) is 13.1 Å². The van der Waals surface area contributed by atoms with Crippen molar-refractivity contribution in [1.82, 2.24) is 4.90 Å². The number of carbonyl (C=O) groups is 1. The summed E-state index contributed by atoms with van der Waals surface area (Å²) < 4.78 is 6.49. The Morgan fingerprint density at radius 1 is 1.35 bits per heavy atom. The van der Waals surface area contributed by atoms with E-state index in [1.54, 1.807) is 0 Å². The number of nitrogens with two attached hydrogens (primary N) is 1. The molecule has 3 atom stereocenters. The number of carbonyl (C=O) groups excluding carboxylic acids is 1. The molecule has 0 saturated carbocycles. The molecule has 2 unspecified atom stereocenters. The first-order valence-corrected chi connectivity index (χ1v) is 12.6. The molecular formula is C20H33N3O2Si. The fourth-order valence-electron chi connectivity index (χ4n) is 4.37. The minimum absolute atomic E-state index is 0.0576. The van der Waals surface area contributed by atoms with Gasteiger partial charge in [0.15, 0.2) is 9.04 Å². The molecule has 0 bridgehead atoms. The lowest BCUT2D eigenvalue weighted by atomic mass is 9.83. The summed E-state index contributed by atoms with van der Waals surface area (Å²) in [5.74, 6) is 0.0875. The summed E-state index contributed by atoms with van der Waals surface area (Å²) in [5.41, 5.74) is 8.64. The number of hydrogen-bond acceptors (Lipinski definition) is 4. The van der Waals surface area contributed by atoms with E-state index in [4.69, 9.17) is 10.2 Å². The maximum Gasteiger partial charge on any atom is 0.242 e. The van der Waals surface area contributed by atoms with Gasteiger partial charge in [-0.05, 0) is 62.0 Å². The van der Waals surface area contributed by atoms with Crippen LogP contribution in [0.3, 0.4) is 0 Å². The van der Waals surface area contributed by atoms with E-state index in [-0.39, 0.29) is 23.5 Å². The van der Waals surface area contributed by atoms with Gasteiger partial charge >= 0.3 is 0 Å². The molecule has 0 aliphatic carbocycles. The number of anilines is 2. The van der Waals surface area contributed by atoms with Crippen molar-refractivity contribution >= 4 is 26.3 Å². The van der Waals surface area contributed by atoms with Crippen LogP contribution < -0.4 is 11.1 Å². The monoisotopic (exact) mass is 375 g/mol. The minimum Gasteiger partial charge on any atom is -0.416 e. The number of nitrogens with one attached hydrogen (secondary N) is 1. The number of nitrogens with zero attached hydrogens (tertiary/aromatic N) is 1. The average Bonchev–Trinajstić information content (AvgIpc) is 2.99. The Balaban J connectivity index is 1.85. The van der Waals surface area contributed by atoms with Crippen LogP contribution in [0, 0.1) is 5.41 Å². The van der Waals surface area contributed by atoms with Gasteiger partial charge in [-0.3, -0.25) is 9.69 Å². The number of likely N-dealkylation sites (tertiary alicyclic amines) is 1. The van der Waals surface area contributed by atoms with Gasteiger partial charge in [0.05, 0.1) is 12.1 Å². The molecule has 3 rings (SSSR count). The topological polar surface area (TPSA) is 67.6 Å². The van der Waals surface area contributed by atoms with E-state index in [1.165, 1.54) is 5.56 Å². The summed E-state index contributed by atoms with van der Waals surface area (Å²) >= 11 is 0. The van der Waals surface area contributed by atoms with E-state index >= 15 is 0 Å². The summed E-state index contributed by atoms with van der Waals surface area (Å²) in [6.07, 6.45) is 3.13. The third-order valence-corrected chi connectivity index (χ3v) is 6.31. The Hall–Kier alpha value is -1.37. The van der Waals surface area contributed by atoms with Crippen molar-refractivity contribution in [3.05, 3.63) is 23.8 Å². The standard InChI is InChI=1S/C20H33N3O2Si/c1-20(2,3)18(25-26(4)5)16-7-6-10-23(16)17-11-13-8-9-14(21)12-15(13)22-19(17)24/h8-9,12,16-18,26H,6-7,10-11,21H2,1-5H3,(H,22,24)/t16-,17?,18?/m0/s1. The first kappa shape index (κ1) is 19.4. The average molecular weight is 376 g/mol. The van der Waals surface area contributed by atoms with Crippen LogP contribution in [0.15, 0.2) is 18.2 Å². The highest BCUT2D eigenvalue weighted by Gasteiger charge is 2.44. The second kappa shape index (κ2) is 7.33. The largest absolute Gasteiger partial charge is 0.416 e. The maximum absolute atomic E-state index is 12.9. The zero-order chi connectivity index (χ0) is 19.1. The Kier molecular flexibility index (Phi) is 5.47. The van der Waals surface area contributed by atoms with Crippen molar-refractivity contribution in [3.8, 4) is 0 Å². The zero-order valence-electron chi connectivity index (χ0n) is 16.7. The number of hydrogen-bond donors (Lipinski definition) is 2. The first-order valence-electron chi connectivity index (χ1n) is 9.77. The molecule has 6 heteroatoms. The molecule has 1 aromatic rings. The SMILES string of the molecule is C[SiH](C)OC([C@@H]1CCCN1C1Cc2ccc(N)cc2NC1=O)C(C)(C)C. The van der Waals surface area contributed by atoms with Crippen LogP contribution in [0.25, 0.3) is 0 Å². The van der Waals surface area contributed by atoms with E-state index < -0.39 is 9.04 Å². The molecule has 1 amide bonds. The van der Waals surface area contributed by atoms with E-state index in [1.807, 2.05) is 18.2 Å². The molecule has 0 spiro atoms. The smallest absolute Gasteiger partial charge is 0.242 e. The van der Waals surface area contributed by atoms with Gasteiger partial charge in [-0.1, -0.05) is 26.8 Å². The van der Waals surface area contributed by atoms with Gasteiger partial charge < -0.3 is 15.5 Å². The fourth-order valence-corrected chi connectivity index (χ4v) is 5.54. The Morgan fingerprint density at radius 3 is 2.73 bits per heavy atom. The lowest BCUT2D eigenvalue weighted by Crippen LogP contribution is -2.56. The molecule has 0 radical (unpaired) electrons. The molecule has 26 heavy (non-hydrogen) atoms. The molecule has 0 aromatic heterocycles. The van der Waals surface area contributed by atoms with Gasteiger partial charge in [-0.2, -0.15) is 0 Å². The first-order chi connectivity index (χ1) is 12.2. The highest BCUT2D eigenvalue weighted by Crippen LogP contribution is 2.37. The second-order valence-electron chi connectivity index (χ2n) is 9.04. The van der Waals surface area contributed by atoms with Crippen LogP contribution in [-0.2, 0) is 15.6 Å². The molecule has 1 aromatic carbocycles. The Labute approximate surface area is 159 Å². The van der Waals surface area contributed by atoms with Crippen molar-refractivity contribution in [2.75, 3.05) is 17.6 Å². The number of amides is 1. The number of benzene rings is 1. The van der Waals surface area contributed by atoms with Crippen molar-refractivity contribution in [1.29, 1.82) is 0 Å². The lowest BCUT2D eigenvalue weighted by molar-refractivity contribution is -0.123. The summed E-state index contributed by atoms with van der Waals surface area (Å²) in [7, 11) is -1.17. The molecule has 1 saturated heterocycles. The Morgan fingerprint density at radius 2 is 2.08 bits per heavy atom. The molecule has 5 nitrogen and oxygen atoms in total. The minimum atomic E-state index is -1.17. The quantitative estimate of drug-likeness (QED) is 0.627. The highest BCUT2D eigenvalue weighted by molar-refractivity contribution is 6.48. The van der Waals surface area contributed by atoms with Crippen molar-refractivity contribution in [2.24, 2.45) is 5.41 Å². The van der Waals surface area contributed by atoms with Crippen LogP contribution in [0.5, 0.6) is 0 Å². The normalized spacial score (nSPS) is 25.2. The molecule has 2 heterocycles. The second-order valence-corrected chi connectivity index (χ2v) is 11.4. The van der Waals surface area contributed by atoms with Gasteiger partial charge in [0.1, 0.15) is 0 Å². The van der Waals surface area contributed by atoms with Crippen molar-refractivity contribution in [3.63, 3.8) is 0 Å².